The number of carbonyl (C=O) groups excluding carboxylic acids is 1. The van der Waals surface area contributed by atoms with E-state index in [0.717, 1.165) is 5.56 Å². The van der Waals surface area contributed by atoms with E-state index in [2.05, 4.69) is 11.6 Å². The van der Waals surface area contributed by atoms with Crippen molar-refractivity contribution in [2.24, 2.45) is 0 Å². The fourth-order valence-electron chi connectivity index (χ4n) is 6.11. The number of hydrogen-bond acceptors (Lipinski definition) is 6. The second-order valence-electron chi connectivity index (χ2n) is 11.2. The molecule has 0 unspecified atom stereocenters. The zero-order valence-corrected chi connectivity index (χ0v) is 25.9. The van der Waals surface area contributed by atoms with Gasteiger partial charge in [0.15, 0.2) is 5.82 Å². The molecule has 0 aliphatic carbocycles. The van der Waals surface area contributed by atoms with Crippen LogP contribution in [-0.2, 0) is 4.79 Å². The predicted octanol–water partition coefficient (Wildman–Crippen LogP) is 7.17. The molecule has 11 heteroatoms. The SMILES string of the molecule is C=CC(=O)N1CCN(c2nc(=O)n(-c3ccccc3C(C)C)c3cc(-c4c(N)c(Cl)cc(Cl)c4F)c4ccoc4c23)[C@@H](C)C1. The summed E-state index contributed by atoms with van der Waals surface area (Å²) in [5.41, 5.74) is 8.62. The van der Waals surface area contributed by atoms with Crippen molar-refractivity contribution >= 4 is 62.5 Å². The summed E-state index contributed by atoms with van der Waals surface area (Å²) in [6.07, 6.45) is 2.80. The van der Waals surface area contributed by atoms with Crippen LogP contribution >= 0.6 is 23.2 Å². The van der Waals surface area contributed by atoms with Gasteiger partial charge in [-0.25, -0.2) is 9.18 Å². The van der Waals surface area contributed by atoms with Crippen LogP contribution in [0.2, 0.25) is 10.0 Å². The molecule has 0 saturated carbocycles. The second kappa shape index (κ2) is 11.3. The molecular formula is C33H30Cl2FN5O3. The fourth-order valence-corrected chi connectivity index (χ4v) is 6.57. The smallest absolute Gasteiger partial charge is 0.354 e. The number of fused-ring (bicyclic) bond motifs is 3. The summed E-state index contributed by atoms with van der Waals surface area (Å²) in [7, 11) is 0. The maximum atomic E-state index is 15.8. The Morgan fingerprint density at radius 3 is 2.64 bits per heavy atom. The topological polar surface area (TPSA) is 97.6 Å². The van der Waals surface area contributed by atoms with Gasteiger partial charge in [-0.1, -0.05) is 61.8 Å². The van der Waals surface area contributed by atoms with E-state index in [-0.39, 0.29) is 39.2 Å². The third-order valence-corrected chi connectivity index (χ3v) is 8.83. The Hall–Kier alpha value is -4.34. The first kappa shape index (κ1) is 29.7. The number of amides is 1. The lowest BCUT2D eigenvalue weighted by Gasteiger charge is -2.40. The van der Waals surface area contributed by atoms with Gasteiger partial charge in [0.1, 0.15) is 11.4 Å². The van der Waals surface area contributed by atoms with Crippen LogP contribution in [0.5, 0.6) is 0 Å². The Balaban J connectivity index is 1.73. The number of nitrogens with two attached hydrogens (primary N) is 1. The highest BCUT2D eigenvalue weighted by atomic mass is 35.5. The molecule has 0 spiro atoms. The third kappa shape index (κ3) is 4.71. The molecule has 5 aromatic rings. The van der Waals surface area contributed by atoms with E-state index in [9.17, 15) is 9.59 Å². The second-order valence-corrected chi connectivity index (χ2v) is 12.0. The molecule has 3 aromatic carbocycles. The van der Waals surface area contributed by atoms with Gasteiger partial charge in [-0.3, -0.25) is 9.36 Å². The van der Waals surface area contributed by atoms with Gasteiger partial charge in [0, 0.05) is 36.6 Å². The summed E-state index contributed by atoms with van der Waals surface area (Å²) >= 11 is 12.6. The molecule has 2 N–H and O–H groups in total. The highest BCUT2D eigenvalue weighted by Crippen LogP contribution is 2.45. The van der Waals surface area contributed by atoms with E-state index >= 15 is 4.39 Å². The number of anilines is 2. The van der Waals surface area contributed by atoms with Crippen molar-refractivity contribution in [2.75, 3.05) is 30.3 Å². The maximum Gasteiger partial charge on any atom is 0.354 e. The molecule has 8 nitrogen and oxygen atoms in total. The number of benzene rings is 3. The van der Waals surface area contributed by atoms with Gasteiger partial charge < -0.3 is 20.0 Å². The number of aromatic nitrogens is 2. The number of furan rings is 1. The lowest BCUT2D eigenvalue weighted by molar-refractivity contribution is -0.126. The maximum absolute atomic E-state index is 15.8. The number of hydrogen-bond donors (Lipinski definition) is 1. The average molecular weight is 635 g/mol. The number of piperazine rings is 1. The van der Waals surface area contributed by atoms with Crippen LogP contribution < -0.4 is 16.3 Å². The van der Waals surface area contributed by atoms with Crippen molar-refractivity contribution in [3.05, 3.63) is 93.3 Å². The van der Waals surface area contributed by atoms with Crippen LogP contribution in [-0.4, -0.2) is 46.0 Å². The molecule has 0 radical (unpaired) electrons. The number of carbonyl (C=O) groups is 1. The number of nitrogens with zero attached hydrogens (tertiary/aromatic N) is 4. The molecule has 226 valence electrons. The molecule has 3 heterocycles. The number of nitrogen functional groups attached to an aromatic ring is 1. The Labute approximate surface area is 263 Å². The molecule has 1 aliphatic heterocycles. The molecule has 1 fully saturated rings. The molecule has 2 aromatic heterocycles. The summed E-state index contributed by atoms with van der Waals surface area (Å²) in [5, 5.41) is 1.02. The highest BCUT2D eigenvalue weighted by Gasteiger charge is 2.31. The first-order valence-corrected chi connectivity index (χ1v) is 15.0. The first-order valence-electron chi connectivity index (χ1n) is 14.2. The van der Waals surface area contributed by atoms with Crippen molar-refractivity contribution in [1.82, 2.24) is 14.5 Å². The van der Waals surface area contributed by atoms with Crippen molar-refractivity contribution in [2.45, 2.75) is 32.7 Å². The van der Waals surface area contributed by atoms with Crippen molar-refractivity contribution in [3.63, 3.8) is 0 Å². The molecule has 44 heavy (non-hydrogen) atoms. The molecule has 6 rings (SSSR count). The Bertz CT molecular complexity index is 2010. The van der Waals surface area contributed by atoms with Crippen LogP contribution in [0.1, 0.15) is 32.3 Å². The zero-order valence-electron chi connectivity index (χ0n) is 24.4. The van der Waals surface area contributed by atoms with E-state index in [1.54, 1.807) is 17.0 Å². The van der Waals surface area contributed by atoms with Gasteiger partial charge in [-0.15, -0.1) is 0 Å². The lowest BCUT2D eigenvalue weighted by Crippen LogP contribution is -2.54. The summed E-state index contributed by atoms with van der Waals surface area (Å²) in [6, 6.07) is 12.1. The van der Waals surface area contributed by atoms with Gasteiger partial charge in [0.2, 0.25) is 5.91 Å². The van der Waals surface area contributed by atoms with Gasteiger partial charge >= 0.3 is 5.69 Å². The minimum Gasteiger partial charge on any atom is -0.463 e. The van der Waals surface area contributed by atoms with E-state index in [4.69, 9.17) is 33.4 Å². The standard InChI is InChI=1S/C33H30Cl2FN5O3/c1-5-26(42)39-11-12-40(18(4)16-39)32-28-25(41(33(43)38-32)24-9-7-6-8-19(24)17(2)3)14-21(20-10-13-44-31(20)28)27-29(36)22(34)15-23(35)30(27)37/h5-10,13-15,17-18H,1,11-12,16,37H2,2-4H3/t18-/m0/s1. The lowest BCUT2D eigenvalue weighted by atomic mass is 9.96. The van der Waals surface area contributed by atoms with Gasteiger partial charge in [-0.05, 0) is 54.3 Å². The summed E-state index contributed by atoms with van der Waals surface area (Å²) in [6.45, 7) is 10.9. The minimum absolute atomic E-state index is 0.00947. The average Bonchev–Trinajstić information content (AvgIpc) is 3.49. The van der Waals surface area contributed by atoms with Crippen LogP contribution in [0.25, 0.3) is 38.7 Å². The van der Waals surface area contributed by atoms with E-state index in [1.165, 1.54) is 23.0 Å². The Kier molecular flexibility index (Phi) is 7.63. The quantitative estimate of drug-likeness (QED) is 0.125. The van der Waals surface area contributed by atoms with Crippen LogP contribution in [0.4, 0.5) is 15.9 Å². The highest BCUT2D eigenvalue weighted by molar-refractivity contribution is 6.37. The van der Waals surface area contributed by atoms with Crippen LogP contribution in [0.3, 0.4) is 0 Å². The largest absolute Gasteiger partial charge is 0.463 e. The van der Waals surface area contributed by atoms with Gasteiger partial charge in [0.25, 0.3) is 0 Å². The van der Waals surface area contributed by atoms with E-state index in [0.29, 0.717) is 58.6 Å². The van der Waals surface area contributed by atoms with E-state index in [1.807, 2.05) is 49.9 Å². The Morgan fingerprint density at radius 2 is 1.93 bits per heavy atom. The normalized spacial score (nSPS) is 15.5. The number of halogens is 3. The zero-order chi connectivity index (χ0) is 31.4. The Morgan fingerprint density at radius 1 is 1.18 bits per heavy atom. The minimum atomic E-state index is -0.738. The third-order valence-electron chi connectivity index (χ3n) is 8.24. The molecule has 1 atom stereocenters. The molecule has 1 aliphatic rings. The van der Waals surface area contributed by atoms with Crippen molar-refractivity contribution in [1.29, 1.82) is 0 Å². The number of para-hydroxylation sites is 1. The molecular weight excluding hydrogens is 604 g/mol. The summed E-state index contributed by atoms with van der Waals surface area (Å²) in [4.78, 5) is 34.9. The van der Waals surface area contributed by atoms with Crippen LogP contribution in [0.15, 0.2) is 70.6 Å². The monoisotopic (exact) mass is 633 g/mol. The summed E-state index contributed by atoms with van der Waals surface area (Å²) in [5.74, 6) is -0.411. The number of rotatable bonds is 5. The van der Waals surface area contributed by atoms with Crippen molar-refractivity contribution < 1.29 is 13.6 Å². The van der Waals surface area contributed by atoms with Crippen LogP contribution in [0, 0.1) is 5.82 Å². The van der Waals surface area contributed by atoms with Gasteiger partial charge in [0.05, 0.1) is 38.6 Å². The van der Waals surface area contributed by atoms with Gasteiger partial charge in [-0.2, -0.15) is 4.98 Å². The van der Waals surface area contributed by atoms with Crippen molar-refractivity contribution in [3.8, 4) is 16.8 Å². The predicted molar refractivity (Wildman–Crippen MR) is 175 cm³/mol. The molecule has 0 bridgehead atoms. The molecule has 1 amide bonds. The summed E-state index contributed by atoms with van der Waals surface area (Å²) < 4.78 is 23.4. The first-order chi connectivity index (χ1) is 21.0. The fraction of sp³-hybridized carbons (Fsp3) is 0.242. The molecule has 1 saturated heterocycles. The van der Waals surface area contributed by atoms with E-state index < -0.39 is 11.5 Å².